The Morgan fingerprint density at radius 3 is 2.45 bits per heavy atom. The smallest absolute Gasteiger partial charge is 0.194 e. The summed E-state index contributed by atoms with van der Waals surface area (Å²) in [6, 6.07) is 8.20. The minimum atomic E-state index is -0.0750. The van der Waals surface area contributed by atoms with Gasteiger partial charge in [0.15, 0.2) is 11.5 Å². The van der Waals surface area contributed by atoms with Crippen molar-refractivity contribution in [1.82, 2.24) is 25.1 Å². The van der Waals surface area contributed by atoms with Crippen LogP contribution in [-0.2, 0) is 12.0 Å². The van der Waals surface area contributed by atoms with Crippen molar-refractivity contribution in [2.24, 2.45) is 0 Å². The van der Waals surface area contributed by atoms with Crippen molar-refractivity contribution in [2.45, 2.75) is 32.7 Å². The van der Waals surface area contributed by atoms with Crippen LogP contribution >= 0.6 is 11.6 Å². The zero-order valence-electron chi connectivity index (χ0n) is 13.2. The van der Waals surface area contributed by atoms with Gasteiger partial charge in [-0.3, -0.25) is 5.10 Å². The lowest BCUT2D eigenvalue weighted by Gasteiger charge is -2.16. The SMILES string of the molecule is CNCc1ccc(-c2nc3c(Cl)c(C(C)(C)C)[nH]n3n2)cc1. The van der Waals surface area contributed by atoms with Crippen LogP contribution in [0.1, 0.15) is 32.0 Å². The fraction of sp³-hybridized carbons (Fsp3) is 0.375. The molecule has 0 bridgehead atoms. The molecule has 0 aliphatic carbocycles. The lowest BCUT2D eigenvalue weighted by Crippen LogP contribution is -2.12. The third kappa shape index (κ3) is 2.62. The Hall–Kier alpha value is -1.85. The summed E-state index contributed by atoms with van der Waals surface area (Å²) in [4.78, 5) is 4.57. The van der Waals surface area contributed by atoms with Gasteiger partial charge in [-0.15, -0.1) is 5.10 Å². The molecule has 0 aliphatic rings. The van der Waals surface area contributed by atoms with Gasteiger partial charge in [0.05, 0.1) is 5.69 Å². The maximum Gasteiger partial charge on any atom is 0.194 e. The summed E-state index contributed by atoms with van der Waals surface area (Å²) < 4.78 is 1.65. The highest BCUT2D eigenvalue weighted by molar-refractivity contribution is 6.34. The Morgan fingerprint density at radius 1 is 1.23 bits per heavy atom. The average molecular weight is 318 g/mol. The molecule has 2 heterocycles. The van der Waals surface area contributed by atoms with Crippen LogP contribution in [0.25, 0.3) is 17.0 Å². The predicted octanol–water partition coefficient (Wildman–Crippen LogP) is 3.39. The Labute approximate surface area is 134 Å². The van der Waals surface area contributed by atoms with Gasteiger partial charge in [0.1, 0.15) is 5.02 Å². The Morgan fingerprint density at radius 2 is 1.91 bits per heavy atom. The van der Waals surface area contributed by atoms with Crippen LogP contribution in [0.3, 0.4) is 0 Å². The van der Waals surface area contributed by atoms with Gasteiger partial charge in [0.25, 0.3) is 0 Å². The number of aromatic amines is 1. The van der Waals surface area contributed by atoms with Crippen molar-refractivity contribution < 1.29 is 0 Å². The van der Waals surface area contributed by atoms with Crippen LogP contribution in [0, 0.1) is 0 Å². The van der Waals surface area contributed by atoms with Crippen molar-refractivity contribution in [1.29, 1.82) is 0 Å². The van der Waals surface area contributed by atoms with Crippen LogP contribution in [0.5, 0.6) is 0 Å². The highest BCUT2D eigenvalue weighted by atomic mass is 35.5. The maximum atomic E-state index is 6.45. The molecule has 3 rings (SSSR count). The average Bonchev–Trinajstić information content (AvgIpc) is 3.00. The number of hydrogen-bond donors (Lipinski definition) is 2. The standard InChI is InChI=1S/C16H20ClN5/c1-16(2,3)13-12(17)15-19-14(21-22(15)20-13)11-7-5-10(6-8-11)9-18-4/h5-8,18,20H,9H2,1-4H3. The van der Waals surface area contributed by atoms with E-state index in [0.717, 1.165) is 17.8 Å². The summed E-state index contributed by atoms with van der Waals surface area (Å²) in [7, 11) is 1.93. The Balaban J connectivity index is 1.99. The Bertz CT molecular complexity index is 792. The normalized spacial score (nSPS) is 12.2. The van der Waals surface area contributed by atoms with Crippen LogP contribution in [0.15, 0.2) is 24.3 Å². The number of fused-ring (bicyclic) bond motifs is 1. The summed E-state index contributed by atoms with van der Waals surface area (Å²) in [5.41, 5.74) is 3.74. The van der Waals surface area contributed by atoms with E-state index >= 15 is 0 Å². The first-order valence-electron chi connectivity index (χ1n) is 7.29. The van der Waals surface area contributed by atoms with E-state index in [1.54, 1.807) is 4.63 Å². The quantitative estimate of drug-likeness (QED) is 0.778. The monoisotopic (exact) mass is 317 g/mol. The first-order valence-corrected chi connectivity index (χ1v) is 7.66. The van der Waals surface area contributed by atoms with Crippen molar-refractivity contribution in [3.05, 3.63) is 40.5 Å². The van der Waals surface area contributed by atoms with E-state index in [2.05, 4.69) is 53.4 Å². The molecule has 0 aliphatic heterocycles. The molecular weight excluding hydrogens is 298 g/mol. The molecule has 5 nitrogen and oxygen atoms in total. The zero-order valence-corrected chi connectivity index (χ0v) is 14.0. The number of H-pyrrole nitrogens is 1. The molecule has 0 saturated carbocycles. The van der Waals surface area contributed by atoms with Gasteiger partial charge in [0, 0.05) is 17.5 Å². The lowest BCUT2D eigenvalue weighted by molar-refractivity contribution is 0.557. The third-order valence-electron chi connectivity index (χ3n) is 3.58. The van der Waals surface area contributed by atoms with Gasteiger partial charge in [-0.25, -0.2) is 4.98 Å². The molecule has 116 valence electrons. The molecule has 0 spiro atoms. The molecule has 1 aromatic carbocycles. The molecule has 0 amide bonds. The van der Waals surface area contributed by atoms with Gasteiger partial charge in [-0.1, -0.05) is 56.6 Å². The molecule has 2 N–H and O–H groups in total. The second-order valence-electron chi connectivity index (χ2n) is 6.45. The Kier molecular flexibility index (Phi) is 3.70. The van der Waals surface area contributed by atoms with E-state index in [1.807, 2.05) is 19.2 Å². The van der Waals surface area contributed by atoms with E-state index < -0.39 is 0 Å². The number of nitrogens with zero attached hydrogens (tertiary/aromatic N) is 3. The van der Waals surface area contributed by atoms with Gasteiger partial charge >= 0.3 is 0 Å². The minimum Gasteiger partial charge on any atom is -0.316 e. The third-order valence-corrected chi connectivity index (χ3v) is 3.94. The van der Waals surface area contributed by atoms with Crippen molar-refractivity contribution in [3.8, 4) is 11.4 Å². The summed E-state index contributed by atoms with van der Waals surface area (Å²) in [6.45, 7) is 7.15. The van der Waals surface area contributed by atoms with E-state index in [1.165, 1.54) is 5.56 Å². The molecule has 0 atom stereocenters. The molecule has 22 heavy (non-hydrogen) atoms. The number of aromatic nitrogens is 4. The molecule has 6 heteroatoms. The lowest BCUT2D eigenvalue weighted by atomic mass is 9.92. The predicted molar refractivity (Wildman–Crippen MR) is 89.2 cm³/mol. The second kappa shape index (κ2) is 5.41. The van der Waals surface area contributed by atoms with E-state index in [0.29, 0.717) is 16.5 Å². The topological polar surface area (TPSA) is 58.0 Å². The van der Waals surface area contributed by atoms with Gasteiger partial charge in [-0.05, 0) is 12.6 Å². The summed E-state index contributed by atoms with van der Waals surface area (Å²) >= 11 is 6.45. The first-order chi connectivity index (χ1) is 10.4. The highest BCUT2D eigenvalue weighted by Gasteiger charge is 2.24. The van der Waals surface area contributed by atoms with Crippen molar-refractivity contribution >= 4 is 17.2 Å². The van der Waals surface area contributed by atoms with Gasteiger partial charge < -0.3 is 5.32 Å². The molecule has 0 unspecified atom stereocenters. The summed E-state index contributed by atoms with van der Waals surface area (Å²) in [5, 5.41) is 11.5. The molecule has 2 aromatic heterocycles. The first kappa shape index (κ1) is 15.1. The number of halogens is 1. The molecule has 0 radical (unpaired) electrons. The molecule has 0 fully saturated rings. The fourth-order valence-corrected chi connectivity index (χ4v) is 2.84. The maximum absolute atomic E-state index is 6.45. The van der Waals surface area contributed by atoms with E-state index in [-0.39, 0.29) is 5.41 Å². The van der Waals surface area contributed by atoms with Crippen LogP contribution in [-0.4, -0.2) is 26.9 Å². The molecule has 0 saturated heterocycles. The second-order valence-corrected chi connectivity index (χ2v) is 6.83. The zero-order chi connectivity index (χ0) is 15.9. The number of rotatable bonds is 3. The van der Waals surface area contributed by atoms with E-state index in [4.69, 9.17) is 11.6 Å². The van der Waals surface area contributed by atoms with Crippen LogP contribution in [0.4, 0.5) is 0 Å². The molecule has 3 aromatic rings. The molecular formula is C16H20ClN5. The summed E-state index contributed by atoms with van der Waals surface area (Å²) in [5.74, 6) is 0.671. The van der Waals surface area contributed by atoms with Crippen LogP contribution in [0.2, 0.25) is 5.02 Å². The summed E-state index contributed by atoms with van der Waals surface area (Å²) in [6.07, 6.45) is 0. The minimum absolute atomic E-state index is 0.0750. The van der Waals surface area contributed by atoms with Crippen molar-refractivity contribution in [2.75, 3.05) is 7.05 Å². The van der Waals surface area contributed by atoms with Crippen LogP contribution < -0.4 is 5.32 Å². The van der Waals surface area contributed by atoms with Crippen molar-refractivity contribution in [3.63, 3.8) is 0 Å². The fourth-order valence-electron chi connectivity index (χ4n) is 2.39. The van der Waals surface area contributed by atoms with Gasteiger partial charge in [0.2, 0.25) is 0 Å². The number of nitrogens with one attached hydrogen (secondary N) is 2. The van der Waals surface area contributed by atoms with Gasteiger partial charge in [-0.2, -0.15) is 4.63 Å². The number of benzene rings is 1. The highest BCUT2D eigenvalue weighted by Crippen LogP contribution is 2.31. The van der Waals surface area contributed by atoms with E-state index in [9.17, 15) is 0 Å². The largest absolute Gasteiger partial charge is 0.316 e. The number of hydrogen-bond acceptors (Lipinski definition) is 3.